The third kappa shape index (κ3) is 5.88. The summed E-state index contributed by atoms with van der Waals surface area (Å²) < 4.78 is 5.09. The van der Waals surface area contributed by atoms with Crippen molar-refractivity contribution >= 4 is 12.1 Å². The van der Waals surface area contributed by atoms with Crippen LogP contribution in [0.25, 0.3) is 0 Å². The van der Waals surface area contributed by atoms with Gasteiger partial charge in [-0.1, -0.05) is 24.0 Å². The highest BCUT2D eigenvalue weighted by molar-refractivity contribution is 5.92. The largest absolute Gasteiger partial charge is 0.478 e. The minimum atomic E-state index is -0.991. The van der Waals surface area contributed by atoms with Crippen LogP contribution in [0.3, 0.4) is 0 Å². The molecule has 0 fully saturated rings. The van der Waals surface area contributed by atoms with E-state index in [0.717, 1.165) is 0 Å². The molecule has 1 rings (SSSR count). The van der Waals surface area contributed by atoms with E-state index in [1.165, 1.54) is 0 Å². The predicted octanol–water partition coefficient (Wildman–Crippen LogP) is 2.96. The number of carbonyl (C=O) groups excluding carboxylic acids is 1. The summed E-state index contributed by atoms with van der Waals surface area (Å²) in [6, 6.07) is 5.17. The number of hydrogen-bond donors (Lipinski definition) is 2. The molecule has 1 aromatic carbocycles. The molecular weight excluding hydrogens is 282 g/mol. The van der Waals surface area contributed by atoms with Gasteiger partial charge in [0.15, 0.2) is 0 Å². The summed E-state index contributed by atoms with van der Waals surface area (Å²) in [5.74, 6) is 4.70. The van der Waals surface area contributed by atoms with Gasteiger partial charge in [0, 0.05) is 18.5 Å². The van der Waals surface area contributed by atoms with Crippen LogP contribution in [0.4, 0.5) is 4.79 Å². The number of aromatic carboxylic acids is 1. The van der Waals surface area contributed by atoms with E-state index >= 15 is 0 Å². The number of carboxylic acids is 1. The summed E-state index contributed by atoms with van der Waals surface area (Å²) in [5.41, 5.74) is 0.833. The van der Waals surface area contributed by atoms with Gasteiger partial charge in [-0.05, 0) is 39.3 Å². The predicted molar refractivity (Wildman–Crippen MR) is 83.9 cm³/mol. The average molecular weight is 303 g/mol. The molecule has 0 heterocycles. The minimum absolute atomic E-state index is 0.218. The Morgan fingerprint density at radius 1 is 1.32 bits per heavy atom. The number of hydrogen-bond acceptors (Lipinski definition) is 3. The first kappa shape index (κ1) is 17.6. The van der Waals surface area contributed by atoms with E-state index in [0.29, 0.717) is 24.1 Å². The van der Waals surface area contributed by atoms with Crippen LogP contribution in [0, 0.1) is 18.8 Å². The SMILES string of the molecule is Cc1cccc(C#CCCNC(=O)OC(C)(C)C)c1C(=O)O. The normalized spacial score (nSPS) is 10.4. The molecule has 0 saturated carbocycles. The molecule has 0 aliphatic heterocycles. The molecule has 0 aliphatic rings. The molecular formula is C17H21NO4. The van der Waals surface area contributed by atoms with Crippen LogP contribution < -0.4 is 5.32 Å². The van der Waals surface area contributed by atoms with E-state index in [4.69, 9.17) is 4.74 Å². The topological polar surface area (TPSA) is 75.6 Å². The van der Waals surface area contributed by atoms with Crippen molar-refractivity contribution in [3.05, 3.63) is 34.9 Å². The van der Waals surface area contributed by atoms with Crippen LogP contribution in [0.2, 0.25) is 0 Å². The maximum atomic E-state index is 11.4. The maximum absolute atomic E-state index is 11.4. The van der Waals surface area contributed by atoms with Crippen molar-refractivity contribution in [2.24, 2.45) is 0 Å². The van der Waals surface area contributed by atoms with Crippen molar-refractivity contribution in [3.8, 4) is 11.8 Å². The molecule has 22 heavy (non-hydrogen) atoms. The van der Waals surface area contributed by atoms with E-state index in [-0.39, 0.29) is 5.56 Å². The van der Waals surface area contributed by atoms with Gasteiger partial charge < -0.3 is 15.2 Å². The van der Waals surface area contributed by atoms with Gasteiger partial charge in [-0.25, -0.2) is 9.59 Å². The van der Waals surface area contributed by atoms with Crippen molar-refractivity contribution < 1.29 is 19.4 Å². The van der Waals surface area contributed by atoms with Crippen LogP contribution in [0.5, 0.6) is 0 Å². The van der Waals surface area contributed by atoms with Crippen molar-refractivity contribution in [2.75, 3.05) is 6.54 Å². The second-order valence-electron chi connectivity index (χ2n) is 5.78. The van der Waals surface area contributed by atoms with Crippen molar-refractivity contribution in [3.63, 3.8) is 0 Å². The molecule has 0 spiro atoms. The lowest BCUT2D eigenvalue weighted by molar-refractivity contribution is 0.0528. The number of nitrogens with one attached hydrogen (secondary N) is 1. The highest BCUT2D eigenvalue weighted by Gasteiger charge is 2.15. The number of benzene rings is 1. The summed E-state index contributed by atoms with van der Waals surface area (Å²) in [6.45, 7) is 7.45. The molecule has 118 valence electrons. The quantitative estimate of drug-likeness (QED) is 0.665. The molecule has 1 amide bonds. The van der Waals surface area contributed by atoms with Gasteiger partial charge in [-0.15, -0.1) is 0 Å². The van der Waals surface area contributed by atoms with Gasteiger partial charge in [0.1, 0.15) is 5.60 Å². The summed E-state index contributed by atoms with van der Waals surface area (Å²) in [6.07, 6.45) is -0.0808. The van der Waals surface area contributed by atoms with Crippen LogP contribution in [0.1, 0.15) is 48.7 Å². The zero-order valence-electron chi connectivity index (χ0n) is 13.3. The van der Waals surface area contributed by atoms with Crippen LogP contribution >= 0.6 is 0 Å². The van der Waals surface area contributed by atoms with E-state index in [1.54, 1.807) is 45.9 Å². The lowest BCUT2D eigenvalue weighted by Crippen LogP contribution is -2.32. The number of rotatable bonds is 3. The molecule has 1 aromatic rings. The van der Waals surface area contributed by atoms with Gasteiger partial charge >= 0.3 is 12.1 Å². The number of carbonyl (C=O) groups is 2. The molecule has 2 N–H and O–H groups in total. The Morgan fingerprint density at radius 2 is 2.00 bits per heavy atom. The summed E-state index contributed by atoms with van der Waals surface area (Å²) in [7, 11) is 0. The lowest BCUT2D eigenvalue weighted by Gasteiger charge is -2.19. The minimum Gasteiger partial charge on any atom is -0.478 e. The summed E-state index contributed by atoms with van der Waals surface area (Å²) in [4.78, 5) is 22.6. The molecule has 5 nitrogen and oxygen atoms in total. The first-order chi connectivity index (χ1) is 10.2. The van der Waals surface area contributed by atoms with Crippen LogP contribution in [-0.2, 0) is 4.74 Å². The van der Waals surface area contributed by atoms with Crippen LogP contribution in [0.15, 0.2) is 18.2 Å². The second kappa shape index (κ2) is 7.51. The monoisotopic (exact) mass is 303 g/mol. The van der Waals surface area contributed by atoms with Crippen molar-refractivity contribution in [1.82, 2.24) is 5.32 Å². The van der Waals surface area contributed by atoms with Gasteiger partial charge in [-0.2, -0.15) is 0 Å². The highest BCUT2D eigenvalue weighted by Crippen LogP contribution is 2.13. The lowest BCUT2D eigenvalue weighted by atomic mass is 10.0. The van der Waals surface area contributed by atoms with Crippen molar-refractivity contribution in [1.29, 1.82) is 0 Å². The smallest absolute Gasteiger partial charge is 0.407 e. The molecule has 0 radical (unpaired) electrons. The molecule has 0 bridgehead atoms. The fourth-order valence-corrected chi connectivity index (χ4v) is 1.75. The first-order valence-corrected chi connectivity index (χ1v) is 6.99. The Bertz CT molecular complexity index is 618. The van der Waals surface area contributed by atoms with Gasteiger partial charge in [0.2, 0.25) is 0 Å². The van der Waals surface area contributed by atoms with Gasteiger partial charge in [-0.3, -0.25) is 0 Å². The zero-order valence-corrected chi connectivity index (χ0v) is 13.3. The first-order valence-electron chi connectivity index (χ1n) is 6.99. The van der Waals surface area contributed by atoms with Gasteiger partial charge in [0.25, 0.3) is 0 Å². The number of ether oxygens (including phenoxy) is 1. The van der Waals surface area contributed by atoms with E-state index in [9.17, 15) is 14.7 Å². The fraction of sp³-hybridized carbons (Fsp3) is 0.412. The number of aryl methyl sites for hydroxylation is 1. The molecule has 5 heteroatoms. The standard InChI is InChI=1S/C17H21NO4/c1-12-8-7-10-13(14(12)15(19)20)9-5-6-11-18-16(21)22-17(2,3)4/h7-8,10H,6,11H2,1-4H3,(H,18,21)(H,19,20). The Balaban J connectivity index is 2.58. The second-order valence-corrected chi connectivity index (χ2v) is 5.78. The fourth-order valence-electron chi connectivity index (χ4n) is 1.75. The third-order valence-corrected chi connectivity index (χ3v) is 2.63. The highest BCUT2D eigenvalue weighted by atomic mass is 16.6. The number of alkyl carbamates (subject to hydrolysis) is 1. The molecule has 0 aromatic heterocycles. The number of amides is 1. The Hall–Kier alpha value is -2.48. The molecule has 0 unspecified atom stereocenters. The Morgan fingerprint density at radius 3 is 2.59 bits per heavy atom. The Kier molecular flexibility index (Phi) is 6.00. The van der Waals surface area contributed by atoms with E-state index < -0.39 is 17.7 Å². The zero-order chi connectivity index (χ0) is 16.8. The third-order valence-electron chi connectivity index (χ3n) is 2.63. The maximum Gasteiger partial charge on any atom is 0.407 e. The summed E-state index contributed by atoms with van der Waals surface area (Å²) >= 11 is 0. The molecule has 0 saturated heterocycles. The molecule has 0 atom stereocenters. The van der Waals surface area contributed by atoms with Crippen LogP contribution in [-0.4, -0.2) is 29.3 Å². The van der Waals surface area contributed by atoms with E-state index in [1.807, 2.05) is 0 Å². The average Bonchev–Trinajstić information content (AvgIpc) is 2.35. The number of carboxylic acid groups (broad SMARTS) is 1. The van der Waals surface area contributed by atoms with Crippen molar-refractivity contribution in [2.45, 2.75) is 39.7 Å². The van der Waals surface area contributed by atoms with Gasteiger partial charge in [0.05, 0.1) is 5.56 Å². The Labute approximate surface area is 130 Å². The molecule has 0 aliphatic carbocycles. The van der Waals surface area contributed by atoms with E-state index in [2.05, 4.69) is 17.2 Å². The summed E-state index contributed by atoms with van der Waals surface area (Å²) in [5, 5.41) is 11.8.